The third kappa shape index (κ3) is 3.27. The second-order valence-corrected chi connectivity index (χ2v) is 7.36. The molecule has 0 spiro atoms. The van der Waals surface area contributed by atoms with Crippen molar-refractivity contribution in [2.75, 3.05) is 5.32 Å². The molecule has 0 atom stereocenters. The number of pyridine rings is 1. The highest BCUT2D eigenvalue weighted by atomic mass is 35.5. The van der Waals surface area contributed by atoms with Gasteiger partial charge in [-0.2, -0.15) is 5.10 Å². The minimum atomic E-state index is -0.222. The van der Waals surface area contributed by atoms with E-state index in [9.17, 15) is 4.79 Å². The number of anilines is 1. The van der Waals surface area contributed by atoms with Gasteiger partial charge in [0.2, 0.25) is 0 Å². The lowest BCUT2D eigenvalue weighted by atomic mass is 10.1. The van der Waals surface area contributed by atoms with Crippen molar-refractivity contribution in [2.24, 2.45) is 0 Å². The van der Waals surface area contributed by atoms with Gasteiger partial charge in [-0.1, -0.05) is 11.6 Å². The number of hydrogen-bond acceptors (Lipinski definition) is 3. The number of rotatable bonds is 4. The fourth-order valence-corrected chi connectivity index (χ4v) is 3.35. The molecule has 0 aliphatic rings. The lowest BCUT2D eigenvalue weighted by molar-refractivity contribution is 0.102. The molecule has 0 aliphatic carbocycles. The first kappa shape index (κ1) is 18.3. The Kier molecular flexibility index (Phi) is 4.65. The Morgan fingerprint density at radius 2 is 1.93 bits per heavy atom. The molecule has 142 valence electrons. The number of nitrogens with one attached hydrogen (secondary N) is 1. The molecule has 1 aromatic carbocycles. The summed E-state index contributed by atoms with van der Waals surface area (Å²) in [7, 11) is 0. The van der Waals surface area contributed by atoms with Crippen LogP contribution < -0.4 is 5.32 Å². The van der Waals surface area contributed by atoms with Crippen molar-refractivity contribution >= 4 is 34.2 Å². The number of aromatic nitrogens is 4. The van der Waals surface area contributed by atoms with Crippen LogP contribution in [0.15, 0.2) is 55.0 Å². The van der Waals surface area contributed by atoms with Crippen molar-refractivity contribution in [3.05, 3.63) is 71.3 Å². The van der Waals surface area contributed by atoms with E-state index >= 15 is 0 Å². The third-order valence-corrected chi connectivity index (χ3v) is 4.82. The quantitative estimate of drug-likeness (QED) is 0.529. The SMILES string of the molecule is Cc1nc2c(cnn2C(C)C)cc1C(=O)Nc1ccc(Cl)cc1-n1cccc1. The largest absolute Gasteiger partial charge is 0.322 e. The van der Waals surface area contributed by atoms with E-state index in [0.717, 1.165) is 16.7 Å². The molecule has 6 nitrogen and oxygen atoms in total. The first-order valence-corrected chi connectivity index (χ1v) is 9.41. The molecule has 4 rings (SSSR count). The Hall–Kier alpha value is -3.12. The van der Waals surface area contributed by atoms with Gasteiger partial charge in [-0.25, -0.2) is 9.67 Å². The van der Waals surface area contributed by atoms with E-state index in [0.29, 0.717) is 22.0 Å². The van der Waals surface area contributed by atoms with E-state index in [2.05, 4.69) is 15.4 Å². The van der Waals surface area contributed by atoms with Crippen LogP contribution >= 0.6 is 11.6 Å². The van der Waals surface area contributed by atoms with E-state index in [1.54, 1.807) is 18.3 Å². The van der Waals surface area contributed by atoms with Gasteiger partial charge in [0.15, 0.2) is 5.65 Å². The normalized spacial score (nSPS) is 11.3. The summed E-state index contributed by atoms with van der Waals surface area (Å²) in [5.74, 6) is -0.222. The van der Waals surface area contributed by atoms with Gasteiger partial charge in [-0.15, -0.1) is 0 Å². The van der Waals surface area contributed by atoms with E-state index in [4.69, 9.17) is 11.6 Å². The Balaban J connectivity index is 1.71. The molecule has 1 N–H and O–H groups in total. The molecule has 0 aliphatic heterocycles. The molecule has 0 saturated carbocycles. The summed E-state index contributed by atoms with van der Waals surface area (Å²) >= 11 is 6.16. The summed E-state index contributed by atoms with van der Waals surface area (Å²) in [6, 6.07) is 11.2. The van der Waals surface area contributed by atoms with Gasteiger partial charge in [0.05, 0.1) is 28.8 Å². The predicted octanol–water partition coefficient (Wildman–Crippen LogP) is 5.02. The molecule has 28 heavy (non-hydrogen) atoms. The summed E-state index contributed by atoms with van der Waals surface area (Å²) in [5.41, 5.74) is 3.42. The van der Waals surface area contributed by atoms with E-state index in [1.807, 2.05) is 66.7 Å². The Labute approximate surface area is 167 Å². The fraction of sp³-hybridized carbons (Fsp3) is 0.190. The molecule has 0 unspecified atom stereocenters. The molecule has 3 aromatic heterocycles. The van der Waals surface area contributed by atoms with Crippen LogP contribution in [0.4, 0.5) is 5.69 Å². The average Bonchev–Trinajstić information content (AvgIpc) is 3.31. The van der Waals surface area contributed by atoms with Crippen molar-refractivity contribution in [1.82, 2.24) is 19.3 Å². The number of carbonyl (C=O) groups is 1. The zero-order chi connectivity index (χ0) is 19.8. The molecule has 0 saturated heterocycles. The Morgan fingerprint density at radius 1 is 1.18 bits per heavy atom. The number of fused-ring (bicyclic) bond motifs is 1. The number of carbonyl (C=O) groups excluding carboxylic acids is 1. The molecule has 0 bridgehead atoms. The number of benzene rings is 1. The van der Waals surface area contributed by atoms with E-state index in [-0.39, 0.29) is 11.9 Å². The van der Waals surface area contributed by atoms with Crippen LogP contribution in [0.2, 0.25) is 5.02 Å². The molecular formula is C21H20ClN5O. The molecule has 0 fully saturated rings. The van der Waals surface area contributed by atoms with Crippen LogP contribution in [0, 0.1) is 6.92 Å². The monoisotopic (exact) mass is 393 g/mol. The molecular weight excluding hydrogens is 374 g/mol. The minimum Gasteiger partial charge on any atom is -0.322 e. The van der Waals surface area contributed by atoms with E-state index in [1.165, 1.54) is 0 Å². The minimum absolute atomic E-state index is 0.197. The number of amides is 1. The number of halogens is 1. The first-order chi connectivity index (χ1) is 13.4. The van der Waals surface area contributed by atoms with Crippen molar-refractivity contribution < 1.29 is 4.79 Å². The van der Waals surface area contributed by atoms with Gasteiger partial charge in [0.1, 0.15) is 0 Å². The number of nitrogens with zero attached hydrogens (tertiary/aromatic N) is 4. The smallest absolute Gasteiger partial charge is 0.257 e. The van der Waals surface area contributed by atoms with Gasteiger partial charge in [0.25, 0.3) is 5.91 Å². The molecule has 4 aromatic rings. The molecule has 7 heteroatoms. The maximum Gasteiger partial charge on any atom is 0.257 e. The maximum absolute atomic E-state index is 13.0. The average molecular weight is 394 g/mol. The van der Waals surface area contributed by atoms with Crippen LogP contribution in [0.5, 0.6) is 0 Å². The maximum atomic E-state index is 13.0. The highest BCUT2D eigenvalue weighted by Gasteiger charge is 2.17. The summed E-state index contributed by atoms with van der Waals surface area (Å²) in [5, 5.41) is 8.81. The molecule has 0 radical (unpaired) electrons. The van der Waals surface area contributed by atoms with Gasteiger partial charge in [-0.3, -0.25) is 4.79 Å². The highest BCUT2D eigenvalue weighted by molar-refractivity contribution is 6.31. The number of hydrogen-bond donors (Lipinski definition) is 1. The van der Waals surface area contributed by atoms with Crippen LogP contribution in [0.3, 0.4) is 0 Å². The lowest BCUT2D eigenvalue weighted by Gasteiger charge is -2.14. The third-order valence-electron chi connectivity index (χ3n) is 4.58. The topological polar surface area (TPSA) is 64.7 Å². The van der Waals surface area contributed by atoms with Crippen LogP contribution in [-0.2, 0) is 0 Å². The van der Waals surface area contributed by atoms with Gasteiger partial charge < -0.3 is 9.88 Å². The van der Waals surface area contributed by atoms with Crippen molar-refractivity contribution in [2.45, 2.75) is 26.8 Å². The van der Waals surface area contributed by atoms with Crippen molar-refractivity contribution in [3.8, 4) is 5.69 Å². The summed E-state index contributed by atoms with van der Waals surface area (Å²) in [6.45, 7) is 5.93. The molecule has 3 heterocycles. The Bertz CT molecular complexity index is 1160. The van der Waals surface area contributed by atoms with Crippen molar-refractivity contribution in [1.29, 1.82) is 0 Å². The second-order valence-electron chi connectivity index (χ2n) is 6.92. The lowest BCUT2D eigenvalue weighted by Crippen LogP contribution is -2.16. The zero-order valence-electron chi connectivity index (χ0n) is 15.8. The van der Waals surface area contributed by atoms with Gasteiger partial charge in [-0.05, 0) is 57.2 Å². The fourth-order valence-electron chi connectivity index (χ4n) is 3.18. The standard InChI is InChI=1S/C21H20ClN5O/c1-13(2)27-20-15(12-23-27)10-17(14(3)24-20)21(28)25-18-7-6-16(22)11-19(18)26-8-4-5-9-26/h4-13H,1-3H3,(H,25,28). The number of aryl methyl sites for hydroxylation is 1. The predicted molar refractivity (Wildman–Crippen MR) is 111 cm³/mol. The second kappa shape index (κ2) is 7.13. The van der Waals surface area contributed by atoms with Gasteiger partial charge >= 0.3 is 0 Å². The Morgan fingerprint density at radius 3 is 2.64 bits per heavy atom. The first-order valence-electron chi connectivity index (χ1n) is 9.03. The molecule has 1 amide bonds. The van der Waals surface area contributed by atoms with Crippen molar-refractivity contribution in [3.63, 3.8) is 0 Å². The van der Waals surface area contributed by atoms with Crippen LogP contribution in [-0.4, -0.2) is 25.2 Å². The summed E-state index contributed by atoms with van der Waals surface area (Å²) in [4.78, 5) is 17.6. The van der Waals surface area contributed by atoms with E-state index < -0.39 is 0 Å². The summed E-state index contributed by atoms with van der Waals surface area (Å²) in [6.07, 6.45) is 5.55. The zero-order valence-corrected chi connectivity index (χ0v) is 16.6. The van der Waals surface area contributed by atoms with Gasteiger partial charge in [0, 0.05) is 28.8 Å². The van der Waals surface area contributed by atoms with Crippen LogP contribution in [0.25, 0.3) is 16.7 Å². The van der Waals surface area contributed by atoms with Crippen LogP contribution in [0.1, 0.15) is 35.9 Å². The highest BCUT2D eigenvalue weighted by Crippen LogP contribution is 2.26. The summed E-state index contributed by atoms with van der Waals surface area (Å²) < 4.78 is 3.76.